The highest BCUT2D eigenvalue weighted by Crippen LogP contribution is 2.34. The van der Waals surface area contributed by atoms with Crippen LogP contribution in [0.5, 0.6) is 5.75 Å². The van der Waals surface area contributed by atoms with Gasteiger partial charge in [0.2, 0.25) is 0 Å². The lowest BCUT2D eigenvalue weighted by molar-refractivity contribution is 0.176. The maximum atomic E-state index is 14.8. The monoisotopic (exact) mass is 396 g/mol. The molecular weight excluding hydrogens is 375 g/mol. The zero-order valence-electron chi connectivity index (χ0n) is 15.8. The van der Waals surface area contributed by atoms with Gasteiger partial charge in [-0.3, -0.25) is 4.79 Å². The number of halogens is 1. The molecular formula is C20H21FN6O2. The van der Waals surface area contributed by atoms with E-state index < -0.39 is 6.17 Å². The number of hydrogen-bond acceptors (Lipinski definition) is 7. The number of phenolic OH excluding ortho intramolecular Hbond substituents is 1. The predicted molar refractivity (Wildman–Crippen MR) is 107 cm³/mol. The highest BCUT2D eigenvalue weighted by atomic mass is 19.1. The summed E-state index contributed by atoms with van der Waals surface area (Å²) < 4.78 is 14.8. The van der Waals surface area contributed by atoms with Crippen molar-refractivity contribution in [3.05, 3.63) is 40.9 Å². The van der Waals surface area contributed by atoms with Crippen LogP contribution in [0, 0.1) is 0 Å². The first-order valence-electron chi connectivity index (χ1n) is 9.69. The molecule has 2 unspecified atom stereocenters. The van der Waals surface area contributed by atoms with Gasteiger partial charge < -0.3 is 20.3 Å². The van der Waals surface area contributed by atoms with E-state index in [1.54, 1.807) is 29.4 Å². The van der Waals surface area contributed by atoms with Crippen LogP contribution in [0.1, 0.15) is 19.3 Å². The van der Waals surface area contributed by atoms with Crippen LogP contribution in [0.3, 0.4) is 0 Å². The molecule has 2 aromatic heterocycles. The predicted octanol–water partition coefficient (Wildman–Crippen LogP) is 1.75. The summed E-state index contributed by atoms with van der Waals surface area (Å²) in [5.74, 6) is 0.624. The number of anilines is 1. The molecule has 0 amide bonds. The Bertz CT molecular complexity index is 1120. The summed E-state index contributed by atoms with van der Waals surface area (Å²) in [4.78, 5) is 20.6. The Labute approximate surface area is 165 Å². The third kappa shape index (κ3) is 3.02. The fraction of sp³-hybridized carbons (Fsp3) is 0.400. The van der Waals surface area contributed by atoms with Crippen LogP contribution in [-0.2, 0) is 0 Å². The SMILES string of the molecule is CN(c1cnc(-c2cc3cc[nH]c(=O)c3cc2O)nn1)[C@@H]1CC2CCC(N2)[C@@H]1F. The minimum Gasteiger partial charge on any atom is -0.507 e. The summed E-state index contributed by atoms with van der Waals surface area (Å²) in [6.45, 7) is 0. The third-order valence-corrected chi connectivity index (χ3v) is 6.09. The number of aromatic nitrogens is 4. The summed E-state index contributed by atoms with van der Waals surface area (Å²) in [6.07, 6.45) is 4.70. The summed E-state index contributed by atoms with van der Waals surface area (Å²) in [6, 6.07) is 4.77. The van der Waals surface area contributed by atoms with Crippen molar-refractivity contribution in [3.63, 3.8) is 0 Å². The summed E-state index contributed by atoms with van der Waals surface area (Å²) >= 11 is 0. The van der Waals surface area contributed by atoms with Crippen LogP contribution in [0.4, 0.5) is 10.2 Å². The minimum atomic E-state index is -0.970. The number of aromatic amines is 1. The highest BCUT2D eigenvalue weighted by molar-refractivity contribution is 5.88. The maximum Gasteiger partial charge on any atom is 0.255 e. The van der Waals surface area contributed by atoms with Crippen molar-refractivity contribution in [1.29, 1.82) is 0 Å². The molecule has 2 bridgehead atoms. The quantitative estimate of drug-likeness (QED) is 0.619. The molecule has 29 heavy (non-hydrogen) atoms. The molecule has 0 radical (unpaired) electrons. The van der Waals surface area contributed by atoms with Gasteiger partial charge in [-0.2, -0.15) is 0 Å². The van der Waals surface area contributed by atoms with E-state index in [4.69, 9.17) is 0 Å². The van der Waals surface area contributed by atoms with Gasteiger partial charge in [-0.1, -0.05) is 0 Å². The number of hydrogen-bond donors (Lipinski definition) is 3. The number of phenols is 1. The fourth-order valence-electron chi connectivity index (χ4n) is 4.48. The van der Waals surface area contributed by atoms with Gasteiger partial charge >= 0.3 is 0 Å². The first-order valence-corrected chi connectivity index (χ1v) is 9.69. The average molecular weight is 396 g/mol. The zero-order chi connectivity index (χ0) is 20.1. The van der Waals surface area contributed by atoms with Crippen LogP contribution >= 0.6 is 0 Å². The fourth-order valence-corrected chi connectivity index (χ4v) is 4.48. The molecule has 3 N–H and O–H groups in total. The van der Waals surface area contributed by atoms with Crippen LogP contribution in [-0.4, -0.2) is 56.6 Å². The number of fused-ring (bicyclic) bond motifs is 3. The van der Waals surface area contributed by atoms with E-state index in [1.807, 2.05) is 7.05 Å². The first-order chi connectivity index (χ1) is 14.0. The van der Waals surface area contributed by atoms with Gasteiger partial charge in [0.15, 0.2) is 11.6 Å². The van der Waals surface area contributed by atoms with Gasteiger partial charge in [-0.25, -0.2) is 9.37 Å². The van der Waals surface area contributed by atoms with Gasteiger partial charge in [0.25, 0.3) is 5.56 Å². The van der Waals surface area contributed by atoms with Gasteiger partial charge in [-0.15, -0.1) is 10.2 Å². The lowest BCUT2D eigenvalue weighted by Crippen LogP contribution is -2.55. The maximum absolute atomic E-state index is 14.8. The third-order valence-electron chi connectivity index (χ3n) is 6.09. The molecule has 8 nitrogen and oxygen atoms in total. The Balaban J connectivity index is 1.44. The van der Waals surface area contributed by atoms with Gasteiger partial charge in [0, 0.05) is 25.3 Å². The molecule has 2 saturated heterocycles. The molecule has 3 aromatic rings. The van der Waals surface area contributed by atoms with Gasteiger partial charge in [0.1, 0.15) is 11.9 Å². The number of pyridine rings is 1. The second-order valence-electron chi connectivity index (χ2n) is 7.81. The van der Waals surface area contributed by atoms with E-state index in [0.29, 0.717) is 28.2 Å². The number of rotatable bonds is 3. The average Bonchev–Trinajstić information content (AvgIpc) is 3.14. The van der Waals surface area contributed by atoms with Gasteiger partial charge in [0.05, 0.1) is 23.2 Å². The van der Waals surface area contributed by atoms with E-state index in [2.05, 4.69) is 25.5 Å². The second kappa shape index (κ2) is 6.77. The molecule has 0 spiro atoms. The Morgan fingerprint density at radius 1 is 1.28 bits per heavy atom. The number of piperidine rings is 1. The number of alkyl halides is 1. The number of H-pyrrole nitrogens is 1. The molecule has 0 saturated carbocycles. The van der Waals surface area contributed by atoms with Crippen LogP contribution in [0.25, 0.3) is 22.2 Å². The van der Waals surface area contributed by atoms with Crippen molar-refractivity contribution in [3.8, 4) is 17.1 Å². The van der Waals surface area contributed by atoms with Crippen LogP contribution in [0.15, 0.2) is 35.4 Å². The van der Waals surface area contributed by atoms with Crippen molar-refractivity contribution in [2.45, 2.75) is 43.6 Å². The Kier molecular flexibility index (Phi) is 4.20. The largest absolute Gasteiger partial charge is 0.507 e. The standard InChI is InChI=1S/C20H21FN6O2/c1-27(15-7-11-2-3-14(24-11)18(15)21)17-9-23-19(26-25-17)13-6-10-4-5-22-20(29)12(10)8-16(13)28/h4-6,8-9,11,14-15,18,24,28H,2-3,7H2,1H3,(H,22,29)/t11?,14?,15-,18+/m1/s1. The van der Waals surface area contributed by atoms with Crippen molar-refractivity contribution in [2.75, 3.05) is 11.9 Å². The Morgan fingerprint density at radius 2 is 2.14 bits per heavy atom. The molecule has 9 heteroatoms. The van der Waals surface area contributed by atoms with E-state index in [-0.39, 0.29) is 29.2 Å². The lowest BCUT2D eigenvalue weighted by Gasteiger charge is -2.38. The molecule has 4 atom stereocenters. The highest BCUT2D eigenvalue weighted by Gasteiger charge is 2.43. The lowest BCUT2D eigenvalue weighted by atomic mass is 9.96. The molecule has 5 rings (SSSR count). The van der Waals surface area contributed by atoms with Crippen molar-refractivity contribution in [1.82, 2.24) is 25.5 Å². The molecule has 150 valence electrons. The summed E-state index contributed by atoms with van der Waals surface area (Å²) in [7, 11) is 1.81. The number of benzene rings is 1. The van der Waals surface area contributed by atoms with Crippen molar-refractivity contribution >= 4 is 16.6 Å². The number of nitrogens with one attached hydrogen (secondary N) is 2. The van der Waals surface area contributed by atoms with Crippen LogP contribution < -0.4 is 15.8 Å². The molecule has 2 aliphatic rings. The minimum absolute atomic E-state index is 0.0981. The van der Waals surface area contributed by atoms with Crippen molar-refractivity contribution < 1.29 is 9.50 Å². The molecule has 4 heterocycles. The molecule has 2 fully saturated rings. The second-order valence-corrected chi connectivity index (χ2v) is 7.81. The molecule has 2 aliphatic heterocycles. The van der Waals surface area contributed by atoms with E-state index in [1.165, 1.54) is 6.07 Å². The van der Waals surface area contributed by atoms with E-state index >= 15 is 0 Å². The molecule has 0 aliphatic carbocycles. The van der Waals surface area contributed by atoms with Crippen molar-refractivity contribution in [2.24, 2.45) is 0 Å². The molecule has 1 aromatic carbocycles. The normalized spacial score (nSPS) is 26.0. The topological polar surface area (TPSA) is 107 Å². The summed E-state index contributed by atoms with van der Waals surface area (Å²) in [5, 5.41) is 23.1. The Morgan fingerprint density at radius 3 is 2.93 bits per heavy atom. The smallest absolute Gasteiger partial charge is 0.255 e. The summed E-state index contributed by atoms with van der Waals surface area (Å²) in [5.41, 5.74) is 0.102. The van der Waals surface area contributed by atoms with E-state index in [9.17, 15) is 14.3 Å². The first kappa shape index (κ1) is 18.0. The Hall–Kier alpha value is -3.07. The van der Waals surface area contributed by atoms with Gasteiger partial charge in [-0.05, 0) is 42.8 Å². The number of aromatic hydroxyl groups is 1. The van der Waals surface area contributed by atoms with Crippen LogP contribution in [0.2, 0.25) is 0 Å². The number of nitrogens with zero attached hydrogens (tertiary/aromatic N) is 4. The zero-order valence-corrected chi connectivity index (χ0v) is 15.8. The van der Waals surface area contributed by atoms with E-state index in [0.717, 1.165) is 19.3 Å².